The van der Waals surface area contributed by atoms with E-state index in [0.717, 1.165) is 23.5 Å². The lowest BCUT2D eigenvalue weighted by Crippen LogP contribution is -2.07. The summed E-state index contributed by atoms with van der Waals surface area (Å²) >= 11 is 0. The number of pyridine rings is 1. The number of hydrogen-bond acceptors (Lipinski definition) is 5. The monoisotopic (exact) mass is 423 g/mol. The van der Waals surface area contributed by atoms with E-state index in [4.69, 9.17) is 9.84 Å². The van der Waals surface area contributed by atoms with Gasteiger partial charge in [-0.3, -0.25) is 9.48 Å². The van der Waals surface area contributed by atoms with Crippen molar-refractivity contribution >= 4 is 5.97 Å². The Balaban J connectivity index is 1.56. The second-order valence-electron chi connectivity index (χ2n) is 6.71. The average Bonchev–Trinajstić information content (AvgIpc) is 3.20. The largest absolute Gasteiger partial charge is 0.481 e. The molecule has 1 N–H and O–H groups in total. The van der Waals surface area contributed by atoms with Crippen molar-refractivity contribution in [3.05, 3.63) is 53.1 Å². The first-order valence-electron chi connectivity index (χ1n) is 9.10. The Morgan fingerprint density at radius 3 is 2.67 bits per heavy atom. The van der Waals surface area contributed by atoms with Gasteiger partial charge in [0, 0.05) is 25.5 Å². The van der Waals surface area contributed by atoms with Gasteiger partial charge in [0.25, 0.3) is 0 Å². The zero-order valence-electron chi connectivity index (χ0n) is 16.3. The summed E-state index contributed by atoms with van der Waals surface area (Å²) in [5, 5.41) is 17.3. The summed E-state index contributed by atoms with van der Waals surface area (Å²) in [5.41, 5.74) is 1.40. The summed E-state index contributed by atoms with van der Waals surface area (Å²) in [5.74, 6) is -0.289. The first-order valence-corrected chi connectivity index (χ1v) is 9.10. The number of aryl methyl sites for hydroxylation is 3. The Morgan fingerprint density at radius 2 is 2.03 bits per heavy atom. The summed E-state index contributed by atoms with van der Waals surface area (Å²) in [6.07, 6.45) is -0.761. The molecule has 3 aromatic rings. The number of nitrogens with zero attached hydrogens (tertiary/aromatic N) is 5. The molecule has 0 aliphatic carbocycles. The van der Waals surface area contributed by atoms with E-state index in [1.54, 1.807) is 19.3 Å². The van der Waals surface area contributed by atoms with Gasteiger partial charge in [-0.15, -0.1) is 5.10 Å². The van der Waals surface area contributed by atoms with Crippen molar-refractivity contribution in [1.29, 1.82) is 0 Å². The number of aromatic nitrogens is 5. The second-order valence-corrected chi connectivity index (χ2v) is 6.71. The number of alkyl halides is 3. The van der Waals surface area contributed by atoms with E-state index in [1.807, 2.05) is 6.92 Å². The molecular formula is C19H20F3N5O3. The summed E-state index contributed by atoms with van der Waals surface area (Å²) < 4.78 is 46.5. The van der Waals surface area contributed by atoms with Crippen molar-refractivity contribution in [3.8, 4) is 11.7 Å². The van der Waals surface area contributed by atoms with Crippen molar-refractivity contribution in [1.82, 2.24) is 24.5 Å². The number of halogens is 3. The summed E-state index contributed by atoms with van der Waals surface area (Å²) in [4.78, 5) is 14.6. The molecule has 160 valence electrons. The molecule has 0 spiro atoms. The Morgan fingerprint density at radius 1 is 1.27 bits per heavy atom. The predicted molar refractivity (Wildman–Crippen MR) is 99.5 cm³/mol. The van der Waals surface area contributed by atoms with Crippen molar-refractivity contribution in [3.63, 3.8) is 0 Å². The second kappa shape index (κ2) is 8.56. The van der Waals surface area contributed by atoms with Crippen LogP contribution >= 0.6 is 0 Å². The van der Waals surface area contributed by atoms with Gasteiger partial charge in [-0.2, -0.15) is 18.3 Å². The Bertz CT molecular complexity index is 1030. The normalized spacial score (nSPS) is 11.6. The van der Waals surface area contributed by atoms with Crippen LogP contribution in [0.5, 0.6) is 5.88 Å². The third-order valence-corrected chi connectivity index (χ3v) is 4.44. The molecule has 3 heterocycles. The molecule has 0 bridgehead atoms. The maximum Gasteiger partial charge on any atom is 0.417 e. The predicted octanol–water partition coefficient (Wildman–Crippen LogP) is 2.97. The van der Waals surface area contributed by atoms with E-state index in [-0.39, 0.29) is 6.42 Å². The molecular weight excluding hydrogens is 403 g/mol. The summed E-state index contributed by atoms with van der Waals surface area (Å²) in [7, 11) is 1.65. The number of carboxylic acid groups (broad SMARTS) is 1. The van der Waals surface area contributed by atoms with E-state index >= 15 is 0 Å². The molecule has 0 aromatic carbocycles. The molecule has 0 aliphatic rings. The highest BCUT2D eigenvalue weighted by Gasteiger charge is 2.30. The smallest absolute Gasteiger partial charge is 0.417 e. The molecule has 0 saturated heterocycles. The molecule has 0 amide bonds. The topological polar surface area (TPSA) is 95.1 Å². The molecule has 0 unspecified atom stereocenters. The van der Waals surface area contributed by atoms with Crippen LogP contribution in [0.3, 0.4) is 0 Å². The maximum atomic E-state index is 12.7. The van der Waals surface area contributed by atoms with Crippen LogP contribution in [-0.4, -0.2) is 42.2 Å². The van der Waals surface area contributed by atoms with Gasteiger partial charge in [0.1, 0.15) is 0 Å². The number of carboxylic acids is 1. The van der Waals surface area contributed by atoms with E-state index in [1.165, 1.54) is 15.4 Å². The summed E-state index contributed by atoms with van der Waals surface area (Å²) in [6.45, 7) is 2.18. The van der Waals surface area contributed by atoms with Crippen LogP contribution in [-0.2, 0) is 30.9 Å². The van der Waals surface area contributed by atoms with Crippen molar-refractivity contribution in [2.45, 2.75) is 32.4 Å². The molecule has 0 atom stereocenters. The average molecular weight is 423 g/mol. The Hall–Kier alpha value is -3.37. The standard InChI is InChI=1S/C19H20F3N5O3/c1-12-13(4-3-7-30-17-8-15(9-18(28)29)26(2)25-17)11-27(24-12)16-6-5-14(10-23-16)19(20,21)22/h5-6,8,10-11H,3-4,7,9H2,1-2H3,(H,28,29). The van der Waals surface area contributed by atoms with Crippen LogP contribution in [0.4, 0.5) is 13.2 Å². The number of ether oxygens (including phenoxy) is 1. The molecule has 0 saturated carbocycles. The van der Waals surface area contributed by atoms with Crippen LogP contribution in [0.2, 0.25) is 0 Å². The van der Waals surface area contributed by atoms with Crippen LogP contribution < -0.4 is 4.74 Å². The van der Waals surface area contributed by atoms with Crippen molar-refractivity contribution < 1.29 is 27.8 Å². The molecule has 3 aromatic heterocycles. The zero-order chi connectivity index (χ0) is 21.9. The molecule has 30 heavy (non-hydrogen) atoms. The first kappa shape index (κ1) is 21.3. The molecule has 8 nitrogen and oxygen atoms in total. The quantitative estimate of drug-likeness (QED) is 0.560. The third kappa shape index (κ3) is 5.16. The minimum Gasteiger partial charge on any atom is -0.481 e. The molecule has 11 heteroatoms. The van der Waals surface area contributed by atoms with Crippen molar-refractivity contribution in [2.24, 2.45) is 7.05 Å². The molecule has 3 rings (SSSR count). The highest BCUT2D eigenvalue weighted by Crippen LogP contribution is 2.28. The van der Waals surface area contributed by atoms with Gasteiger partial charge in [-0.25, -0.2) is 9.67 Å². The molecule has 0 radical (unpaired) electrons. The van der Waals surface area contributed by atoms with Gasteiger partial charge in [0.05, 0.1) is 30.0 Å². The van der Waals surface area contributed by atoms with Gasteiger partial charge < -0.3 is 9.84 Å². The lowest BCUT2D eigenvalue weighted by atomic mass is 10.1. The van der Waals surface area contributed by atoms with Gasteiger partial charge in [0.15, 0.2) is 5.82 Å². The van der Waals surface area contributed by atoms with Gasteiger partial charge >= 0.3 is 12.1 Å². The Labute approximate surface area is 169 Å². The minimum atomic E-state index is -4.43. The fraction of sp³-hybridized carbons (Fsp3) is 0.368. The van der Waals surface area contributed by atoms with E-state index in [9.17, 15) is 18.0 Å². The van der Waals surface area contributed by atoms with Crippen LogP contribution in [0.25, 0.3) is 5.82 Å². The Kier molecular flexibility index (Phi) is 6.09. The first-order chi connectivity index (χ1) is 14.1. The fourth-order valence-electron chi connectivity index (χ4n) is 2.85. The lowest BCUT2D eigenvalue weighted by molar-refractivity contribution is -0.138. The van der Waals surface area contributed by atoms with Crippen LogP contribution in [0.15, 0.2) is 30.6 Å². The lowest BCUT2D eigenvalue weighted by Gasteiger charge is -2.06. The van der Waals surface area contributed by atoms with Gasteiger partial charge in [-0.05, 0) is 37.5 Å². The number of hydrogen-bond donors (Lipinski definition) is 1. The van der Waals surface area contributed by atoms with E-state index < -0.39 is 17.7 Å². The summed E-state index contributed by atoms with van der Waals surface area (Å²) in [6, 6.07) is 3.84. The molecule has 0 fully saturated rings. The number of carbonyl (C=O) groups is 1. The minimum absolute atomic E-state index is 0.136. The van der Waals surface area contributed by atoms with Crippen LogP contribution in [0, 0.1) is 6.92 Å². The highest BCUT2D eigenvalue weighted by molar-refractivity contribution is 5.69. The SMILES string of the molecule is Cc1nn(-c2ccc(C(F)(F)F)cn2)cc1CCCOc1cc(CC(=O)O)n(C)n1. The van der Waals surface area contributed by atoms with E-state index in [2.05, 4.69) is 15.2 Å². The third-order valence-electron chi connectivity index (χ3n) is 4.44. The van der Waals surface area contributed by atoms with Gasteiger partial charge in [-0.1, -0.05) is 0 Å². The zero-order valence-corrected chi connectivity index (χ0v) is 16.3. The molecule has 0 aliphatic heterocycles. The van der Waals surface area contributed by atoms with E-state index in [0.29, 0.717) is 36.8 Å². The van der Waals surface area contributed by atoms with Crippen molar-refractivity contribution in [2.75, 3.05) is 6.61 Å². The number of rotatable bonds is 8. The fourth-order valence-corrected chi connectivity index (χ4v) is 2.85. The van der Waals surface area contributed by atoms with Crippen LogP contribution in [0.1, 0.15) is 28.9 Å². The number of aliphatic carboxylic acids is 1. The van der Waals surface area contributed by atoms with Gasteiger partial charge in [0.2, 0.25) is 5.88 Å². The maximum absolute atomic E-state index is 12.7. The highest BCUT2D eigenvalue weighted by atomic mass is 19.4.